The Morgan fingerprint density at radius 1 is 1.05 bits per heavy atom. The SMILES string of the molecule is CCN(CC)CCOc1ccc(N2CCN(Cc3cc4cnc(C#N)nc4n3CC(C)(C)C)CC2)cc1. The number of hydrogen-bond donors (Lipinski definition) is 0. The monoisotopic (exact) mass is 503 g/mol. The fraction of sp³-hybridized carbons (Fsp3) is 0.552. The fourth-order valence-corrected chi connectivity index (χ4v) is 4.91. The van der Waals surface area contributed by atoms with Crippen molar-refractivity contribution in [2.24, 2.45) is 5.41 Å². The largest absolute Gasteiger partial charge is 0.492 e. The molecule has 3 heterocycles. The number of piperazine rings is 1. The molecular weight excluding hydrogens is 462 g/mol. The maximum atomic E-state index is 9.29. The molecule has 8 heteroatoms. The molecule has 8 nitrogen and oxygen atoms in total. The zero-order chi connectivity index (χ0) is 26.4. The highest BCUT2D eigenvalue weighted by Gasteiger charge is 2.22. The molecule has 3 aromatic rings. The lowest BCUT2D eigenvalue weighted by Crippen LogP contribution is -2.46. The van der Waals surface area contributed by atoms with Crippen LogP contribution in [-0.4, -0.2) is 76.8 Å². The van der Waals surface area contributed by atoms with Crippen molar-refractivity contribution >= 4 is 16.7 Å². The first-order valence-electron chi connectivity index (χ1n) is 13.5. The van der Waals surface area contributed by atoms with Crippen LogP contribution in [0, 0.1) is 16.7 Å². The highest BCUT2D eigenvalue weighted by molar-refractivity contribution is 5.77. The summed E-state index contributed by atoms with van der Waals surface area (Å²) < 4.78 is 8.23. The molecule has 198 valence electrons. The minimum absolute atomic E-state index is 0.0957. The molecule has 2 aromatic heterocycles. The van der Waals surface area contributed by atoms with Crippen LogP contribution in [0.2, 0.25) is 0 Å². The van der Waals surface area contributed by atoms with Crippen molar-refractivity contribution in [2.75, 3.05) is 57.3 Å². The standard InChI is InChI=1S/C29H41N7O/c1-6-33(7-2)16-17-37-26-10-8-24(9-11-26)35-14-12-34(13-15-35)21-25-18-23-20-31-27(19-30)32-28(23)36(25)22-29(3,4)5/h8-11,18,20H,6-7,12-17,21-22H2,1-5H3. The van der Waals surface area contributed by atoms with Gasteiger partial charge in [0, 0.05) is 68.8 Å². The first-order valence-corrected chi connectivity index (χ1v) is 13.5. The van der Waals surface area contributed by atoms with Crippen molar-refractivity contribution in [3.63, 3.8) is 0 Å². The van der Waals surface area contributed by atoms with Crippen molar-refractivity contribution in [2.45, 2.75) is 47.7 Å². The molecule has 1 saturated heterocycles. The first-order chi connectivity index (χ1) is 17.8. The van der Waals surface area contributed by atoms with E-state index in [0.717, 1.165) is 82.3 Å². The van der Waals surface area contributed by atoms with E-state index in [1.54, 1.807) is 6.20 Å². The first kappa shape index (κ1) is 26.9. The van der Waals surface area contributed by atoms with Gasteiger partial charge in [-0.2, -0.15) is 5.26 Å². The molecule has 4 rings (SSSR count). The van der Waals surface area contributed by atoms with Crippen molar-refractivity contribution in [1.82, 2.24) is 24.3 Å². The number of nitrogens with zero attached hydrogens (tertiary/aromatic N) is 7. The number of aromatic nitrogens is 3. The summed E-state index contributed by atoms with van der Waals surface area (Å²) in [5.74, 6) is 1.16. The number of rotatable bonds is 10. The fourth-order valence-electron chi connectivity index (χ4n) is 4.91. The number of anilines is 1. The minimum atomic E-state index is 0.0957. The van der Waals surface area contributed by atoms with Crippen molar-refractivity contribution in [3.8, 4) is 11.8 Å². The van der Waals surface area contributed by atoms with Crippen LogP contribution >= 0.6 is 0 Å². The van der Waals surface area contributed by atoms with Crippen LogP contribution in [0.3, 0.4) is 0 Å². The van der Waals surface area contributed by atoms with E-state index in [-0.39, 0.29) is 11.2 Å². The van der Waals surface area contributed by atoms with Crippen LogP contribution in [0.1, 0.15) is 46.1 Å². The van der Waals surface area contributed by atoms with Crippen molar-refractivity contribution in [3.05, 3.63) is 48.0 Å². The lowest BCUT2D eigenvalue weighted by atomic mass is 9.97. The van der Waals surface area contributed by atoms with Gasteiger partial charge in [0.2, 0.25) is 5.82 Å². The smallest absolute Gasteiger partial charge is 0.234 e. The second-order valence-corrected chi connectivity index (χ2v) is 11.0. The number of hydrogen-bond acceptors (Lipinski definition) is 7. The Kier molecular flexibility index (Phi) is 8.67. The topological polar surface area (TPSA) is 73.5 Å². The average Bonchev–Trinajstić information content (AvgIpc) is 3.22. The molecule has 1 fully saturated rings. The molecule has 37 heavy (non-hydrogen) atoms. The third-order valence-corrected chi connectivity index (χ3v) is 6.98. The summed E-state index contributed by atoms with van der Waals surface area (Å²) in [6, 6.07) is 12.8. The number of likely N-dealkylation sites (N-methyl/N-ethyl adjacent to an activating group) is 1. The summed E-state index contributed by atoms with van der Waals surface area (Å²) in [5.41, 5.74) is 3.43. The van der Waals surface area contributed by atoms with Gasteiger partial charge in [0.15, 0.2) is 0 Å². The van der Waals surface area contributed by atoms with Crippen molar-refractivity contribution < 1.29 is 4.74 Å². The molecule has 0 atom stereocenters. The number of nitriles is 1. The Hall–Kier alpha value is -3.15. The number of fused-ring (bicyclic) bond motifs is 1. The van der Waals surface area contributed by atoms with E-state index in [4.69, 9.17) is 4.74 Å². The average molecular weight is 504 g/mol. The summed E-state index contributed by atoms with van der Waals surface area (Å²) in [5, 5.41) is 10.3. The second kappa shape index (κ2) is 11.9. The Labute approximate surface area is 221 Å². The van der Waals surface area contributed by atoms with Gasteiger partial charge in [-0.25, -0.2) is 9.97 Å². The normalized spacial score (nSPS) is 14.9. The lowest BCUT2D eigenvalue weighted by molar-refractivity contribution is 0.223. The van der Waals surface area contributed by atoms with Gasteiger partial charge >= 0.3 is 0 Å². The quantitative estimate of drug-likeness (QED) is 0.406. The maximum absolute atomic E-state index is 9.29. The molecule has 0 amide bonds. The van der Waals surface area contributed by atoms with Gasteiger partial charge < -0.3 is 19.1 Å². The molecule has 0 aliphatic carbocycles. The molecule has 0 saturated carbocycles. The van der Waals surface area contributed by atoms with E-state index in [2.05, 4.69) is 100 Å². The van der Waals surface area contributed by atoms with Gasteiger partial charge in [-0.3, -0.25) is 4.90 Å². The van der Waals surface area contributed by atoms with E-state index < -0.39 is 0 Å². The molecule has 0 unspecified atom stereocenters. The zero-order valence-corrected chi connectivity index (χ0v) is 23.1. The molecular formula is C29H41N7O. The summed E-state index contributed by atoms with van der Waals surface area (Å²) in [6.07, 6.45) is 1.78. The lowest BCUT2D eigenvalue weighted by Gasteiger charge is -2.36. The molecule has 0 spiro atoms. The van der Waals surface area contributed by atoms with E-state index in [9.17, 15) is 5.26 Å². The van der Waals surface area contributed by atoms with E-state index >= 15 is 0 Å². The Bertz CT molecular complexity index is 1190. The van der Waals surface area contributed by atoms with Crippen LogP contribution in [0.25, 0.3) is 11.0 Å². The van der Waals surface area contributed by atoms with Crippen molar-refractivity contribution in [1.29, 1.82) is 5.26 Å². The maximum Gasteiger partial charge on any atom is 0.234 e. The number of ether oxygens (including phenoxy) is 1. The molecule has 1 aliphatic rings. The van der Waals surface area contributed by atoms with Gasteiger partial charge in [-0.1, -0.05) is 34.6 Å². The zero-order valence-electron chi connectivity index (χ0n) is 23.1. The highest BCUT2D eigenvalue weighted by Crippen LogP contribution is 2.26. The van der Waals surface area contributed by atoms with Crippen LogP contribution in [-0.2, 0) is 13.1 Å². The van der Waals surface area contributed by atoms with Crippen LogP contribution in [0.15, 0.2) is 36.5 Å². The third-order valence-electron chi connectivity index (χ3n) is 6.98. The van der Waals surface area contributed by atoms with E-state index in [1.165, 1.54) is 11.4 Å². The third kappa shape index (κ3) is 7.00. The van der Waals surface area contributed by atoms with Gasteiger partial charge in [0.25, 0.3) is 0 Å². The summed E-state index contributed by atoms with van der Waals surface area (Å²) >= 11 is 0. The Balaban J connectivity index is 1.36. The van der Waals surface area contributed by atoms with Gasteiger partial charge in [0.05, 0.1) is 0 Å². The molecule has 0 N–H and O–H groups in total. The van der Waals surface area contributed by atoms with Gasteiger partial charge in [0.1, 0.15) is 24.1 Å². The Morgan fingerprint density at radius 2 is 1.76 bits per heavy atom. The molecule has 0 radical (unpaired) electrons. The summed E-state index contributed by atoms with van der Waals surface area (Å²) in [6.45, 7) is 20.5. The molecule has 1 aliphatic heterocycles. The van der Waals surface area contributed by atoms with Crippen LogP contribution < -0.4 is 9.64 Å². The summed E-state index contributed by atoms with van der Waals surface area (Å²) in [7, 11) is 0. The predicted octanol–water partition coefficient (Wildman–Crippen LogP) is 4.39. The highest BCUT2D eigenvalue weighted by atomic mass is 16.5. The van der Waals surface area contributed by atoms with E-state index in [0.29, 0.717) is 0 Å². The van der Waals surface area contributed by atoms with E-state index in [1.807, 2.05) is 0 Å². The predicted molar refractivity (Wildman–Crippen MR) is 149 cm³/mol. The number of benzene rings is 1. The second-order valence-electron chi connectivity index (χ2n) is 11.0. The van der Waals surface area contributed by atoms with Crippen LogP contribution in [0.4, 0.5) is 5.69 Å². The Morgan fingerprint density at radius 3 is 2.38 bits per heavy atom. The molecule has 1 aromatic carbocycles. The minimum Gasteiger partial charge on any atom is -0.492 e. The van der Waals surface area contributed by atoms with Gasteiger partial charge in [-0.15, -0.1) is 0 Å². The molecule has 0 bridgehead atoms. The van der Waals surface area contributed by atoms with Crippen LogP contribution in [0.5, 0.6) is 5.75 Å². The summed E-state index contributed by atoms with van der Waals surface area (Å²) in [4.78, 5) is 16.1. The van der Waals surface area contributed by atoms with Gasteiger partial charge in [-0.05, 0) is 48.8 Å².